The van der Waals surface area contributed by atoms with E-state index in [-0.39, 0.29) is 16.7 Å². The molecule has 3 heterocycles. The van der Waals surface area contributed by atoms with Crippen LogP contribution < -0.4 is 15.4 Å². The van der Waals surface area contributed by atoms with Crippen LogP contribution in [0.4, 0.5) is 5.69 Å². The molecule has 3 aromatic rings. The fourth-order valence-corrected chi connectivity index (χ4v) is 6.78. The summed E-state index contributed by atoms with van der Waals surface area (Å²) in [5.41, 5.74) is 3.72. The highest BCUT2D eigenvalue weighted by Gasteiger charge is 2.49. The lowest BCUT2D eigenvalue weighted by Gasteiger charge is -2.46. The fraction of sp³-hybridized carbons (Fsp3) is 0.531. The minimum absolute atomic E-state index is 0.247. The highest BCUT2D eigenvalue weighted by molar-refractivity contribution is 6.03. The van der Waals surface area contributed by atoms with Crippen LogP contribution in [0, 0.1) is 22.7 Å². The normalized spacial score (nSPS) is 23.4. The van der Waals surface area contributed by atoms with Crippen molar-refractivity contribution in [3.63, 3.8) is 0 Å². The van der Waals surface area contributed by atoms with Gasteiger partial charge < -0.3 is 19.9 Å². The van der Waals surface area contributed by atoms with Crippen molar-refractivity contribution < 1.29 is 9.53 Å². The lowest BCUT2D eigenvalue weighted by molar-refractivity contribution is 0.102. The molecule has 0 spiro atoms. The highest BCUT2D eigenvalue weighted by atomic mass is 16.5. The molecule has 0 radical (unpaired) electrons. The molecule has 0 saturated heterocycles. The average Bonchev–Trinajstić information content (AvgIpc) is 3.47. The van der Waals surface area contributed by atoms with Crippen LogP contribution >= 0.6 is 0 Å². The topological polar surface area (TPSA) is 118 Å². The van der Waals surface area contributed by atoms with Gasteiger partial charge in [0.2, 0.25) is 0 Å². The number of fused-ring (bicyclic) bond motifs is 1. The molecule has 1 amide bonds. The maximum Gasteiger partial charge on any atom is 0.274 e. The van der Waals surface area contributed by atoms with Gasteiger partial charge in [0.15, 0.2) is 0 Å². The van der Waals surface area contributed by atoms with Gasteiger partial charge in [0.1, 0.15) is 23.6 Å². The third-order valence-corrected chi connectivity index (χ3v) is 9.40. The van der Waals surface area contributed by atoms with Crippen LogP contribution in [-0.4, -0.2) is 38.8 Å². The average molecular weight is 554 g/mol. The Morgan fingerprint density at radius 3 is 2.71 bits per heavy atom. The number of carbonyl (C=O) groups is 1. The molecule has 2 aliphatic carbocycles. The number of hydrogen-bond donors (Lipinski definition) is 2. The SMILES string of the molecule is Cn1cnnc1C1(c2cccc(NC(=O)c3cc(CNCC4(C)CCC4)c4c(n3)C(C)(C)CO4)c2)CC(CC#N)C1. The summed E-state index contributed by atoms with van der Waals surface area (Å²) in [5, 5.41) is 24.5. The quantitative estimate of drug-likeness (QED) is 0.382. The molecule has 2 fully saturated rings. The zero-order valence-corrected chi connectivity index (χ0v) is 24.5. The van der Waals surface area contributed by atoms with E-state index in [0.717, 1.165) is 47.8 Å². The third kappa shape index (κ3) is 4.99. The first-order valence-corrected chi connectivity index (χ1v) is 14.6. The Kier molecular flexibility index (Phi) is 6.85. The number of aromatic nitrogens is 4. The van der Waals surface area contributed by atoms with Crippen LogP contribution in [-0.2, 0) is 24.4 Å². The van der Waals surface area contributed by atoms with Crippen molar-refractivity contribution in [1.82, 2.24) is 25.1 Å². The summed E-state index contributed by atoms with van der Waals surface area (Å²) in [6.07, 6.45) is 7.68. The van der Waals surface area contributed by atoms with Crippen LogP contribution in [0.5, 0.6) is 5.75 Å². The van der Waals surface area contributed by atoms with Gasteiger partial charge in [0.05, 0.1) is 23.8 Å². The van der Waals surface area contributed by atoms with Gasteiger partial charge in [-0.25, -0.2) is 4.98 Å². The van der Waals surface area contributed by atoms with Gasteiger partial charge in [-0.2, -0.15) is 5.26 Å². The maximum atomic E-state index is 13.6. The van der Waals surface area contributed by atoms with Crippen LogP contribution in [0.3, 0.4) is 0 Å². The Hall–Kier alpha value is -3.77. The number of carbonyl (C=O) groups excluding carboxylic acids is 1. The van der Waals surface area contributed by atoms with E-state index < -0.39 is 0 Å². The molecule has 0 bridgehead atoms. The highest BCUT2D eigenvalue weighted by Crippen LogP contribution is 2.53. The Balaban J connectivity index is 1.25. The number of nitrogens with one attached hydrogen (secondary N) is 2. The van der Waals surface area contributed by atoms with Gasteiger partial charge >= 0.3 is 0 Å². The Bertz CT molecular complexity index is 1510. The number of nitrogens with zero attached hydrogens (tertiary/aromatic N) is 5. The van der Waals surface area contributed by atoms with E-state index in [2.05, 4.69) is 53.7 Å². The van der Waals surface area contributed by atoms with Gasteiger partial charge in [-0.3, -0.25) is 4.79 Å². The maximum absolute atomic E-state index is 13.6. The second-order valence-electron chi connectivity index (χ2n) is 13.3. The fourth-order valence-electron chi connectivity index (χ4n) is 6.78. The molecule has 2 aromatic heterocycles. The number of ether oxygens (including phenoxy) is 1. The molecule has 2 N–H and O–H groups in total. The molecular weight excluding hydrogens is 514 g/mol. The van der Waals surface area contributed by atoms with Crippen LogP contribution in [0.15, 0.2) is 36.7 Å². The van der Waals surface area contributed by atoms with E-state index in [0.29, 0.717) is 42.3 Å². The van der Waals surface area contributed by atoms with Gasteiger partial charge in [-0.15, -0.1) is 10.2 Å². The van der Waals surface area contributed by atoms with Crippen molar-refractivity contribution >= 4 is 11.6 Å². The lowest BCUT2D eigenvalue weighted by Crippen LogP contribution is -2.44. The second-order valence-corrected chi connectivity index (χ2v) is 13.3. The number of pyridine rings is 1. The minimum Gasteiger partial charge on any atom is -0.490 e. The number of aryl methyl sites for hydroxylation is 1. The van der Waals surface area contributed by atoms with E-state index in [1.165, 1.54) is 19.3 Å². The molecule has 9 heteroatoms. The molecule has 6 rings (SSSR count). The summed E-state index contributed by atoms with van der Waals surface area (Å²) in [7, 11) is 1.95. The predicted molar refractivity (Wildman–Crippen MR) is 156 cm³/mol. The smallest absolute Gasteiger partial charge is 0.274 e. The van der Waals surface area contributed by atoms with Crippen molar-refractivity contribution in [2.75, 3.05) is 18.5 Å². The molecule has 0 atom stereocenters. The summed E-state index contributed by atoms with van der Waals surface area (Å²) in [4.78, 5) is 18.4. The zero-order chi connectivity index (χ0) is 28.8. The van der Waals surface area contributed by atoms with Crippen LogP contribution in [0.25, 0.3) is 0 Å². The van der Waals surface area contributed by atoms with Gasteiger partial charge in [-0.1, -0.05) is 39.3 Å². The summed E-state index contributed by atoms with van der Waals surface area (Å²) < 4.78 is 8.05. The summed E-state index contributed by atoms with van der Waals surface area (Å²) in [5.74, 6) is 1.76. The van der Waals surface area contributed by atoms with E-state index in [1.807, 2.05) is 35.9 Å². The summed E-state index contributed by atoms with van der Waals surface area (Å²) in [6, 6.07) is 12.1. The first-order chi connectivity index (χ1) is 19.6. The molecule has 1 aromatic carbocycles. The van der Waals surface area contributed by atoms with E-state index in [4.69, 9.17) is 9.72 Å². The van der Waals surface area contributed by atoms with Gasteiger partial charge in [0, 0.05) is 43.2 Å². The second kappa shape index (κ2) is 10.3. The van der Waals surface area contributed by atoms with Gasteiger partial charge in [-0.05, 0) is 60.8 Å². The number of anilines is 1. The van der Waals surface area contributed by atoms with Gasteiger partial charge in [0.25, 0.3) is 5.91 Å². The number of benzene rings is 1. The minimum atomic E-state index is -0.337. The molecule has 9 nitrogen and oxygen atoms in total. The summed E-state index contributed by atoms with van der Waals surface area (Å²) in [6.45, 7) is 8.67. The van der Waals surface area contributed by atoms with Crippen LogP contribution in [0.2, 0.25) is 0 Å². The van der Waals surface area contributed by atoms with E-state index >= 15 is 0 Å². The molecule has 2 saturated carbocycles. The monoisotopic (exact) mass is 553 g/mol. The van der Waals surface area contributed by atoms with E-state index in [9.17, 15) is 10.1 Å². The first-order valence-electron chi connectivity index (χ1n) is 14.6. The third-order valence-electron chi connectivity index (χ3n) is 9.40. The Morgan fingerprint density at radius 2 is 2.02 bits per heavy atom. The van der Waals surface area contributed by atoms with Crippen molar-refractivity contribution in [3.8, 4) is 11.8 Å². The van der Waals surface area contributed by atoms with Crippen molar-refractivity contribution in [2.24, 2.45) is 18.4 Å². The number of amides is 1. The van der Waals surface area contributed by atoms with Crippen molar-refractivity contribution in [1.29, 1.82) is 5.26 Å². The Morgan fingerprint density at radius 1 is 1.22 bits per heavy atom. The standard InChI is InChI=1S/C32H39N7O2/c1-30(2)19-41-26-22(17-34-18-31(3)10-6-11-31)13-25(37-27(26)30)28(40)36-24-8-5-7-23(14-24)32(15-21(16-32)9-12-33)29-38-35-20-39(29)4/h5,7-8,13-14,20-21,34H,6,9-11,15-19H2,1-4H3,(H,36,40). The molecular formula is C32H39N7O2. The van der Waals surface area contributed by atoms with Crippen molar-refractivity contribution in [3.05, 3.63) is 65.0 Å². The number of nitriles is 1. The Labute approximate surface area is 241 Å². The lowest BCUT2D eigenvalue weighted by atomic mass is 9.57. The first kappa shape index (κ1) is 27.4. The van der Waals surface area contributed by atoms with E-state index in [1.54, 1.807) is 6.33 Å². The zero-order valence-electron chi connectivity index (χ0n) is 24.5. The van der Waals surface area contributed by atoms with Crippen LogP contribution in [0.1, 0.15) is 92.4 Å². The molecule has 41 heavy (non-hydrogen) atoms. The molecule has 214 valence electrons. The number of rotatable bonds is 9. The number of hydrogen-bond acceptors (Lipinski definition) is 7. The largest absolute Gasteiger partial charge is 0.490 e. The molecule has 3 aliphatic rings. The molecule has 1 aliphatic heterocycles. The molecule has 0 unspecified atom stereocenters. The summed E-state index contributed by atoms with van der Waals surface area (Å²) >= 11 is 0. The predicted octanol–water partition coefficient (Wildman–Crippen LogP) is 5.02. The van der Waals surface area contributed by atoms with Crippen molar-refractivity contribution in [2.45, 2.75) is 76.7 Å².